The van der Waals surface area contributed by atoms with Crippen molar-refractivity contribution in [3.63, 3.8) is 0 Å². The quantitative estimate of drug-likeness (QED) is 0.234. The Balaban J connectivity index is 0. The molecule has 0 saturated heterocycles. The van der Waals surface area contributed by atoms with Gasteiger partial charge in [-0.25, -0.2) is 0 Å². The van der Waals surface area contributed by atoms with Gasteiger partial charge >= 0.3 is 40.1 Å². The van der Waals surface area contributed by atoms with Gasteiger partial charge in [-0.15, -0.1) is 45.3 Å². The van der Waals surface area contributed by atoms with Gasteiger partial charge in [-0.3, -0.25) is 0 Å². The number of rotatable bonds is 2. The van der Waals surface area contributed by atoms with E-state index in [1.807, 2.05) is 20.8 Å². The van der Waals surface area contributed by atoms with Gasteiger partial charge in [0, 0.05) is 0 Å². The number of hydrogen-bond donors (Lipinski definition) is 0. The van der Waals surface area contributed by atoms with Crippen LogP contribution in [0.1, 0.15) is 20.8 Å². The van der Waals surface area contributed by atoms with E-state index in [1.165, 1.54) is 21.5 Å². The van der Waals surface area contributed by atoms with Crippen molar-refractivity contribution >= 4 is 51.1 Å². The molecule has 0 aromatic heterocycles. The Kier molecular flexibility index (Phi) is 16.6. The molecule has 2 nitrogen and oxygen atoms in total. The van der Waals surface area contributed by atoms with Gasteiger partial charge < -0.3 is 24.5 Å². The molecular weight excluding hydrogens is 508 g/mol. The van der Waals surface area contributed by atoms with Crippen molar-refractivity contribution in [2.24, 2.45) is 0 Å². The topological polar surface area (TPSA) is 33.0 Å². The Morgan fingerprint density at radius 2 is 1.30 bits per heavy atom. The van der Waals surface area contributed by atoms with Crippen LogP contribution in [0.4, 0.5) is 0 Å². The molecule has 1 N–H and O–H groups in total. The van der Waals surface area contributed by atoms with Gasteiger partial charge in [0.2, 0.25) is 0 Å². The van der Waals surface area contributed by atoms with E-state index in [4.69, 9.17) is 27.2 Å². The van der Waals surface area contributed by atoms with E-state index in [9.17, 15) is 0 Å². The molecule has 0 saturated carbocycles. The SMILES string of the molecule is CC(C)(C)[NH-].[CH2-]CO[Si](C)(C)C.[CH2]=[Zr]([Cl])[Cl].[CH3-].c1ccc2c(c1)[cH-]c1ccccc12. The van der Waals surface area contributed by atoms with E-state index in [0.29, 0.717) is 6.61 Å². The summed E-state index contributed by atoms with van der Waals surface area (Å²) in [6.45, 7) is 16.2. The molecule has 30 heavy (non-hydrogen) atoms. The van der Waals surface area contributed by atoms with Crippen LogP contribution in [-0.4, -0.2) is 24.7 Å². The maximum absolute atomic E-state index is 6.94. The summed E-state index contributed by atoms with van der Waals surface area (Å²) in [5, 5.41) is 5.39. The van der Waals surface area contributed by atoms with Crippen molar-refractivity contribution in [2.75, 3.05) is 6.61 Å². The second kappa shape index (κ2) is 15.6. The normalized spacial score (nSPS) is 10.5. The average Bonchev–Trinajstić information content (AvgIpc) is 2.91. The molecule has 0 heterocycles. The number of hydrogen-bond acceptors (Lipinski definition) is 1. The van der Waals surface area contributed by atoms with E-state index >= 15 is 0 Å². The predicted molar refractivity (Wildman–Crippen MR) is 141 cm³/mol. The molecule has 0 radical (unpaired) electrons. The van der Waals surface area contributed by atoms with Gasteiger partial charge in [0.05, 0.1) is 0 Å². The molecule has 3 aromatic carbocycles. The van der Waals surface area contributed by atoms with Crippen LogP contribution in [0.5, 0.6) is 0 Å². The summed E-state index contributed by atoms with van der Waals surface area (Å²) >= 11 is -1.85. The number of nitrogens with one attached hydrogen (secondary N) is 1. The van der Waals surface area contributed by atoms with Crippen LogP contribution in [0.2, 0.25) is 19.6 Å². The summed E-state index contributed by atoms with van der Waals surface area (Å²) in [4.78, 5) is 0. The van der Waals surface area contributed by atoms with Crippen molar-refractivity contribution in [1.29, 1.82) is 0 Å². The molecule has 0 aliphatic carbocycles. The molecule has 6 heteroatoms. The molecule has 0 amide bonds. The minimum absolute atomic E-state index is 0. The van der Waals surface area contributed by atoms with Gasteiger partial charge in [-0.2, -0.15) is 0 Å². The van der Waals surface area contributed by atoms with E-state index in [-0.39, 0.29) is 13.0 Å². The summed E-state index contributed by atoms with van der Waals surface area (Å²) in [7, 11) is 9.03. The second-order valence-corrected chi connectivity index (χ2v) is 21.1. The van der Waals surface area contributed by atoms with Crippen LogP contribution >= 0.6 is 17.0 Å². The monoisotopic (exact) mass is 543 g/mol. The first-order valence-electron chi connectivity index (χ1n) is 9.46. The van der Waals surface area contributed by atoms with Gasteiger partial charge in [0.25, 0.3) is 0 Å². The van der Waals surface area contributed by atoms with E-state index in [1.54, 1.807) is 0 Å². The first-order chi connectivity index (χ1) is 13.2. The molecule has 3 rings (SSSR count). The van der Waals surface area contributed by atoms with Crippen LogP contribution < -0.4 is 0 Å². The van der Waals surface area contributed by atoms with Crippen molar-refractivity contribution in [3.05, 3.63) is 74.7 Å². The maximum atomic E-state index is 6.94. The third-order valence-corrected chi connectivity index (χ3v) is 4.13. The smallest absolute Gasteiger partial charge is 0.0771 e. The molecule has 0 aliphatic heterocycles. The number of fused-ring (bicyclic) bond motifs is 3. The largest absolute Gasteiger partial charge is 0.358 e. The third-order valence-electron chi connectivity index (χ3n) is 3.06. The van der Waals surface area contributed by atoms with Gasteiger partial charge in [0.15, 0.2) is 8.32 Å². The van der Waals surface area contributed by atoms with Crippen LogP contribution in [0, 0.1) is 14.4 Å². The second-order valence-electron chi connectivity index (χ2n) is 8.37. The van der Waals surface area contributed by atoms with Crippen LogP contribution in [-0.2, 0) is 23.3 Å². The zero-order chi connectivity index (χ0) is 22.7. The molecule has 0 bridgehead atoms. The fourth-order valence-electron chi connectivity index (χ4n) is 2.21. The summed E-state index contributed by atoms with van der Waals surface area (Å²) < 4.78 is 8.62. The summed E-state index contributed by atoms with van der Waals surface area (Å²) in [5.41, 5.74) is 6.69. The van der Waals surface area contributed by atoms with Crippen molar-refractivity contribution in [3.8, 4) is 0 Å². The summed E-state index contributed by atoms with van der Waals surface area (Å²) in [5.74, 6) is 0. The van der Waals surface area contributed by atoms with Crippen molar-refractivity contribution in [2.45, 2.75) is 46.0 Å². The molecule has 0 unspecified atom stereocenters. The number of halogens is 2. The minimum Gasteiger partial charge on any atom is -0.358 e. The Morgan fingerprint density at radius 3 is 1.53 bits per heavy atom. The first-order valence-corrected chi connectivity index (χ1v) is 20.9. The zero-order valence-electron chi connectivity index (χ0n) is 19.5. The Morgan fingerprint density at radius 1 is 1.00 bits per heavy atom. The Labute approximate surface area is 200 Å². The fourth-order valence-corrected chi connectivity index (χ4v) is 2.82. The molecule has 3 aromatic rings. The van der Waals surface area contributed by atoms with Crippen molar-refractivity contribution < 1.29 is 23.3 Å². The molecule has 0 aliphatic rings. The number of benzene rings is 2. The average molecular weight is 546 g/mol. The van der Waals surface area contributed by atoms with Crippen LogP contribution in [0.3, 0.4) is 0 Å². The van der Waals surface area contributed by atoms with E-state index < -0.39 is 27.2 Å². The molecule has 0 fully saturated rings. The maximum Gasteiger partial charge on any atom is -0.0771 e. The van der Waals surface area contributed by atoms with E-state index in [0.717, 1.165) is 0 Å². The van der Waals surface area contributed by atoms with Gasteiger partial charge in [0.1, 0.15) is 0 Å². The van der Waals surface area contributed by atoms with E-state index in [2.05, 4.69) is 85.4 Å². The summed E-state index contributed by atoms with van der Waals surface area (Å²) in [6, 6.07) is 19.3. The van der Waals surface area contributed by atoms with Crippen LogP contribution in [0.25, 0.3) is 27.3 Å². The molecule has 0 spiro atoms. The fraction of sp³-hybridized carbons (Fsp3) is 0.333. The Bertz CT molecular complexity index is 806. The molecular formula is C24H37Cl2NOSiZr-4. The standard InChI is InChI=1S/C13H9.C5H13OSi.C4H10N.CH3.CH2.2ClH.Zr/c1-3-7-12-10(5-1)9-11-6-2-4-8-13(11)12;1-5-6-7(2,3)4;1-4(2,3)5;;;;;/h1-9H;1,5H2,2-4H3;5H,1-3H3;1H3;1H2;2*1H;/q4*-1;;;;+2/p-2. The third kappa shape index (κ3) is 17.5. The molecule has 0 atom stereocenters. The summed E-state index contributed by atoms with van der Waals surface area (Å²) in [6.07, 6.45) is 0. The zero-order valence-corrected chi connectivity index (χ0v) is 24.5. The van der Waals surface area contributed by atoms with Crippen molar-refractivity contribution in [1.82, 2.24) is 0 Å². The minimum atomic E-state index is -1.85. The predicted octanol–water partition coefficient (Wildman–Crippen LogP) is 9.02. The van der Waals surface area contributed by atoms with Crippen LogP contribution in [0.15, 0.2) is 54.6 Å². The molecule has 170 valence electrons. The van der Waals surface area contributed by atoms with Gasteiger partial charge in [-0.05, 0) is 19.6 Å². The van der Waals surface area contributed by atoms with Gasteiger partial charge in [-0.1, -0.05) is 63.8 Å². The Hall–Kier alpha value is -0.220. The first kappa shape index (κ1) is 32.0.